The van der Waals surface area contributed by atoms with E-state index in [0.29, 0.717) is 25.7 Å². The maximum atomic E-state index is 12.2. The summed E-state index contributed by atoms with van der Waals surface area (Å²) in [6, 6.07) is 7.90. The first-order valence-corrected chi connectivity index (χ1v) is 10.7. The van der Waals surface area contributed by atoms with Gasteiger partial charge in [-0.1, -0.05) is 0 Å². The van der Waals surface area contributed by atoms with Gasteiger partial charge in [0.2, 0.25) is 0 Å². The Morgan fingerprint density at radius 3 is 2.24 bits per heavy atom. The lowest BCUT2D eigenvalue weighted by Crippen LogP contribution is -2.52. The third-order valence-corrected chi connectivity index (χ3v) is 5.48. The van der Waals surface area contributed by atoms with Gasteiger partial charge < -0.3 is 14.4 Å². The van der Waals surface area contributed by atoms with Gasteiger partial charge in [0.05, 0.1) is 6.61 Å². The molecule has 1 saturated heterocycles. The third kappa shape index (κ3) is 6.46. The molecule has 2 aliphatic rings. The van der Waals surface area contributed by atoms with Gasteiger partial charge in [0.15, 0.2) is 5.78 Å². The number of carbonyl (C=O) groups is 2. The average Bonchev–Trinajstić information content (AvgIpc) is 3.52. The molecule has 0 aromatic heterocycles. The summed E-state index contributed by atoms with van der Waals surface area (Å²) in [5.41, 5.74) is 0.332. The standard InChI is InChI=1S/C23H34N2O4/c1-17(24-12-14-25(15-13-24)22(27)29-23(2,3)4)11-16-28-20-9-7-19(8-10-20)21(26)18-5-6-18/h7-10,17-18H,5-6,11-16H2,1-4H3/t17-/m1/s1. The van der Waals surface area contributed by atoms with E-state index in [9.17, 15) is 9.59 Å². The molecule has 1 aromatic carbocycles. The number of rotatable bonds is 7. The predicted molar refractivity (Wildman–Crippen MR) is 112 cm³/mol. The van der Waals surface area contributed by atoms with E-state index in [1.807, 2.05) is 45.0 Å². The molecule has 0 N–H and O–H groups in total. The summed E-state index contributed by atoms with van der Waals surface area (Å²) in [5.74, 6) is 1.31. The Kier molecular flexibility index (Phi) is 6.83. The SMILES string of the molecule is C[C@H](CCOc1ccc(C(=O)C2CC2)cc1)N1CCN(C(=O)OC(C)(C)C)CC1. The van der Waals surface area contributed by atoms with Crippen LogP contribution in [0.2, 0.25) is 0 Å². The highest BCUT2D eigenvalue weighted by molar-refractivity contribution is 5.99. The van der Waals surface area contributed by atoms with Crippen molar-refractivity contribution in [1.29, 1.82) is 0 Å². The Morgan fingerprint density at radius 2 is 1.69 bits per heavy atom. The van der Waals surface area contributed by atoms with Gasteiger partial charge in [-0.2, -0.15) is 0 Å². The van der Waals surface area contributed by atoms with Crippen molar-refractivity contribution in [1.82, 2.24) is 9.80 Å². The minimum atomic E-state index is -0.456. The molecule has 1 aliphatic carbocycles. The van der Waals surface area contributed by atoms with E-state index in [0.717, 1.165) is 43.7 Å². The third-order valence-electron chi connectivity index (χ3n) is 5.48. The average molecular weight is 403 g/mol. The number of hydrogen-bond acceptors (Lipinski definition) is 5. The molecule has 1 atom stereocenters. The van der Waals surface area contributed by atoms with Gasteiger partial charge in [0, 0.05) is 43.7 Å². The fourth-order valence-electron chi connectivity index (χ4n) is 3.50. The smallest absolute Gasteiger partial charge is 0.410 e. The van der Waals surface area contributed by atoms with Crippen molar-refractivity contribution < 1.29 is 19.1 Å². The molecule has 0 unspecified atom stereocenters. The number of ether oxygens (including phenoxy) is 2. The molecule has 160 valence electrons. The van der Waals surface area contributed by atoms with E-state index >= 15 is 0 Å². The largest absolute Gasteiger partial charge is 0.494 e. The van der Waals surface area contributed by atoms with Crippen molar-refractivity contribution in [2.75, 3.05) is 32.8 Å². The number of carbonyl (C=O) groups excluding carboxylic acids is 2. The normalized spacial score (nSPS) is 19.0. The Balaban J connectivity index is 1.36. The van der Waals surface area contributed by atoms with Crippen molar-refractivity contribution in [3.05, 3.63) is 29.8 Å². The summed E-state index contributed by atoms with van der Waals surface area (Å²) in [5, 5.41) is 0. The van der Waals surface area contributed by atoms with Crippen LogP contribution in [-0.4, -0.2) is 66.1 Å². The molecule has 1 heterocycles. The zero-order valence-corrected chi connectivity index (χ0v) is 18.1. The first kappa shape index (κ1) is 21.6. The van der Waals surface area contributed by atoms with Crippen molar-refractivity contribution >= 4 is 11.9 Å². The molecule has 6 heteroatoms. The van der Waals surface area contributed by atoms with E-state index in [2.05, 4.69) is 11.8 Å². The fourth-order valence-corrected chi connectivity index (χ4v) is 3.50. The summed E-state index contributed by atoms with van der Waals surface area (Å²) in [6.45, 7) is 11.6. The first-order valence-electron chi connectivity index (χ1n) is 10.7. The minimum absolute atomic E-state index is 0.225. The van der Waals surface area contributed by atoms with Crippen LogP contribution in [0.15, 0.2) is 24.3 Å². The number of benzene rings is 1. The Labute approximate surface area is 174 Å². The summed E-state index contributed by atoms with van der Waals surface area (Å²) in [4.78, 5) is 28.4. The van der Waals surface area contributed by atoms with Gasteiger partial charge in [-0.25, -0.2) is 4.79 Å². The van der Waals surface area contributed by atoms with Crippen molar-refractivity contribution in [2.24, 2.45) is 5.92 Å². The van der Waals surface area contributed by atoms with Gasteiger partial charge in [-0.05, 0) is 71.2 Å². The predicted octanol–water partition coefficient (Wildman–Crippen LogP) is 3.99. The summed E-state index contributed by atoms with van der Waals surface area (Å²) in [6.07, 6.45) is 2.74. The monoisotopic (exact) mass is 402 g/mol. The number of Topliss-reactive ketones (excluding diaryl/α,β-unsaturated/α-hetero) is 1. The maximum absolute atomic E-state index is 12.2. The van der Waals surface area contributed by atoms with E-state index in [4.69, 9.17) is 9.47 Å². The van der Waals surface area contributed by atoms with Crippen molar-refractivity contribution in [3.8, 4) is 5.75 Å². The topological polar surface area (TPSA) is 59.1 Å². The van der Waals surface area contributed by atoms with Crippen LogP contribution >= 0.6 is 0 Å². The van der Waals surface area contributed by atoms with Crippen LogP contribution in [0.5, 0.6) is 5.75 Å². The highest BCUT2D eigenvalue weighted by Gasteiger charge is 2.30. The van der Waals surface area contributed by atoms with E-state index in [1.165, 1.54) is 0 Å². The van der Waals surface area contributed by atoms with E-state index in [-0.39, 0.29) is 17.8 Å². The molecular formula is C23H34N2O4. The summed E-state index contributed by atoms with van der Waals surface area (Å²) >= 11 is 0. The van der Waals surface area contributed by atoms with Gasteiger partial charge in [0.1, 0.15) is 11.4 Å². The summed E-state index contributed by atoms with van der Waals surface area (Å²) in [7, 11) is 0. The molecule has 0 radical (unpaired) electrons. The van der Waals surface area contributed by atoms with Crippen LogP contribution in [0, 0.1) is 5.92 Å². The van der Waals surface area contributed by atoms with Gasteiger partial charge in [-0.3, -0.25) is 9.69 Å². The number of hydrogen-bond donors (Lipinski definition) is 0. The number of nitrogens with zero attached hydrogens (tertiary/aromatic N) is 2. The Bertz CT molecular complexity index is 699. The quantitative estimate of drug-likeness (QED) is 0.646. The van der Waals surface area contributed by atoms with Crippen molar-refractivity contribution in [2.45, 2.75) is 58.6 Å². The van der Waals surface area contributed by atoms with Crippen LogP contribution in [0.4, 0.5) is 4.79 Å². The van der Waals surface area contributed by atoms with Crippen LogP contribution < -0.4 is 4.74 Å². The molecule has 1 aromatic rings. The van der Waals surface area contributed by atoms with Crippen LogP contribution in [-0.2, 0) is 4.74 Å². The van der Waals surface area contributed by atoms with E-state index in [1.54, 1.807) is 4.90 Å². The molecule has 1 saturated carbocycles. The molecule has 0 spiro atoms. The summed E-state index contributed by atoms with van der Waals surface area (Å²) < 4.78 is 11.3. The second-order valence-corrected chi connectivity index (χ2v) is 9.15. The highest BCUT2D eigenvalue weighted by Crippen LogP contribution is 2.32. The molecule has 29 heavy (non-hydrogen) atoms. The molecule has 6 nitrogen and oxygen atoms in total. The molecule has 3 rings (SSSR count). The van der Waals surface area contributed by atoms with Crippen LogP contribution in [0.25, 0.3) is 0 Å². The Morgan fingerprint density at radius 1 is 1.07 bits per heavy atom. The number of ketones is 1. The molecular weight excluding hydrogens is 368 g/mol. The van der Waals surface area contributed by atoms with Crippen LogP contribution in [0.3, 0.4) is 0 Å². The lowest BCUT2D eigenvalue weighted by molar-refractivity contribution is 0.0101. The second kappa shape index (κ2) is 9.16. The lowest BCUT2D eigenvalue weighted by atomic mass is 10.1. The zero-order chi connectivity index (χ0) is 21.0. The zero-order valence-electron chi connectivity index (χ0n) is 18.1. The minimum Gasteiger partial charge on any atom is -0.494 e. The molecule has 1 amide bonds. The van der Waals surface area contributed by atoms with Gasteiger partial charge >= 0.3 is 6.09 Å². The molecule has 1 aliphatic heterocycles. The molecule has 0 bridgehead atoms. The highest BCUT2D eigenvalue weighted by atomic mass is 16.6. The van der Waals surface area contributed by atoms with Gasteiger partial charge in [-0.15, -0.1) is 0 Å². The van der Waals surface area contributed by atoms with Gasteiger partial charge in [0.25, 0.3) is 0 Å². The maximum Gasteiger partial charge on any atom is 0.410 e. The lowest BCUT2D eigenvalue weighted by Gasteiger charge is -2.38. The van der Waals surface area contributed by atoms with Crippen molar-refractivity contribution in [3.63, 3.8) is 0 Å². The van der Waals surface area contributed by atoms with Crippen LogP contribution in [0.1, 0.15) is 57.3 Å². The second-order valence-electron chi connectivity index (χ2n) is 9.15. The number of piperazine rings is 1. The Hall–Kier alpha value is -2.08. The molecule has 2 fully saturated rings. The van der Waals surface area contributed by atoms with E-state index < -0.39 is 5.60 Å². The first-order chi connectivity index (χ1) is 13.7. The number of amides is 1. The fraction of sp³-hybridized carbons (Fsp3) is 0.652.